The van der Waals surface area contributed by atoms with Crippen molar-refractivity contribution in [1.29, 1.82) is 0 Å². The van der Waals surface area contributed by atoms with Gasteiger partial charge in [-0.1, -0.05) is 38.1 Å². The van der Waals surface area contributed by atoms with Crippen LogP contribution in [0.5, 0.6) is 0 Å². The predicted molar refractivity (Wildman–Crippen MR) is 69.6 cm³/mol. The van der Waals surface area contributed by atoms with Gasteiger partial charge in [0.2, 0.25) is 0 Å². The molecule has 0 amide bonds. The Labute approximate surface area is 99.0 Å². The largest absolute Gasteiger partial charge is 0.328 e. The van der Waals surface area contributed by atoms with E-state index in [-0.39, 0.29) is 0 Å². The molecule has 88 valence electrons. The van der Waals surface area contributed by atoms with E-state index in [0.717, 1.165) is 5.92 Å². The molecule has 1 nitrogen and oxygen atoms in total. The second-order valence-electron chi connectivity index (χ2n) is 5.35. The van der Waals surface area contributed by atoms with E-state index in [4.69, 9.17) is 5.73 Å². The van der Waals surface area contributed by atoms with Crippen LogP contribution in [0.25, 0.3) is 0 Å². The van der Waals surface area contributed by atoms with E-state index in [1.165, 1.54) is 36.8 Å². The topological polar surface area (TPSA) is 26.0 Å². The molecule has 0 heterocycles. The predicted octanol–water partition coefficient (Wildman–Crippen LogP) is 3.48. The van der Waals surface area contributed by atoms with Crippen molar-refractivity contribution in [1.82, 2.24) is 0 Å². The third kappa shape index (κ3) is 2.65. The molecule has 16 heavy (non-hydrogen) atoms. The zero-order chi connectivity index (χ0) is 11.5. The Morgan fingerprint density at radius 1 is 1.25 bits per heavy atom. The standard InChI is InChI=1S/C15H23N/c1-3-11(2)14-6-4-12(5-7-14)8-13-9-15(16)10-13/h4-7,11,13,15H,3,8-10,16H2,1-2H3. The van der Waals surface area contributed by atoms with Crippen LogP contribution >= 0.6 is 0 Å². The maximum atomic E-state index is 5.80. The number of hydrogen-bond donors (Lipinski definition) is 1. The zero-order valence-corrected chi connectivity index (χ0v) is 10.4. The summed E-state index contributed by atoms with van der Waals surface area (Å²) in [7, 11) is 0. The molecule has 1 heteroatoms. The third-order valence-corrected chi connectivity index (χ3v) is 3.96. The van der Waals surface area contributed by atoms with Crippen LogP contribution in [0.4, 0.5) is 0 Å². The summed E-state index contributed by atoms with van der Waals surface area (Å²) in [4.78, 5) is 0. The van der Waals surface area contributed by atoms with Crippen molar-refractivity contribution >= 4 is 0 Å². The van der Waals surface area contributed by atoms with E-state index in [9.17, 15) is 0 Å². The van der Waals surface area contributed by atoms with E-state index in [2.05, 4.69) is 38.1 Å². The quantitative estimate of drug-likeness (QED) is 0.821. The maximum absolute atomic E-state index is 5.80. The summed E-state index contributed by atoms with van der Waals surface area (Å²) in [6, 6.07) is 9.66. The molecule has 0 aliphatic heterocycles. The van der Waals surface area contributed by atoms with Crippen molar-refractivity contribution in [3.63, 3.8) is 0 Å². The summed E-state index contributed by atoms with van der Waals surface area (Å²) >= 11 is 0. The van der Waals surface area contributed by atoms with Gasteiger partial charge in [0.25, 0.3) is 0 Å². The molecule has 1 aliphatic rings. The van der Waals surface area contributed by atoms with Crippen LogP contribution in [-0.2, 0) is 6.42 Å². The Kier molecular flexibility index (Phi) is 3.65. The molecule has 0 aromatic heterocycles. The summed E-state index contributed by atoms with van der Waals surface area (Å²) in [5, 5.41) is 0. The average Bonchev–Trinajstić information content (AvgIpc) is 2.27. The molecule has 0 bridgehead atoms. The van der Waals surface area contributed by atoms with Crippen LogP contribution in [0.1, 0.15) is 50.2 Å². The lowest BCUT2D eigenvalue weighted by Gasteiger charge is -2.32. The SMILES string of the molecule is CCC(C)c1ccc(CC2CC(N)C2)cc1. The molecule has 1 atom stereocenters. The van der Waals surface area contributed by atoms with Gasteiger partial charge in [-0.3, -0.25) is 0 Å². The summed E-state index contributed by atoms with van der Waals surface area (Å²) in [5.74, 6) is 1.52. The lowest BCUT2D eigenvalue weighted by Crippen LogP contribution is -2.37. The van der Waals surface area contributed by atoms with Gasteiger partial charge in [0.1, 0.15) is 0 Å². The zero-order valence-electron chi connectivity index (χ0n) is 10.4. The Balaban J connectivity index is 1.92. The molecule has 1 fully saturated rings. The summed E-state index contributed by atoms with van der Waals surface area (Å²) in [6.07, 6.45) is 4.87. The minimum Gasteiger partial charge on any atom is -0.328 e. The molecule has 0 radical (unpaired) electrons. The van der Waals surface area contributed by atoms with Crippen molar-refractivity contribution < 1.29 is 0 Å². The van der Waals surface area contributed by atoms with Crippen LogP contribution in [0.15, 0.2) is 24.3 Å². The van der Waals surface area contributed by atoms with Crippen LogP contribution in [0, 0.1) is 5.92 Å². The highest BCUT2D eigenvalue weighted by molar-refractivity contribution is 5.25. The lowest BCUT2D eigenvalue weighted by molar-refractivity contribution is 0.264. The Morgan fingerprint density at radius 2 is 1.88 bits per heavy atom. The minimum absolute atomic E-state index is 0.476. The molecule has 2 rings (SSSR count). The Hall–Kier alpha value is -0.820. The van der Waals surface area contributed by atoms with Gasteiger partial charge in [-0.2, -0.15) is 0 Å². The van der Waals surface area contributed by atoms with Crippen molar-refractivity contribution in [3.8, 4) is 0 Å². The van der Waals surface area contributed by atoms with Gasteiger partial charge in [0, 0.05) is 6.04 Å². The van der Waals surface area contributed by atoms with Crippen LogP contribution in [-0.4, -0.2) is 6.04 Å². The van der Waals surface area contributed by atoms with Crippen molar-refractivity contribution in [3.05, 3.63) is 35.4 Å². The number of hydrogen-bond acceptors (Lipinski definition) is 1. The Bertz CT molecular complexity index is 322. The van der Waals surface area contributed by atoms with Gasteiger partial charge < -0.3 is 5.73 Å². The van der Waals surface area contributed by atoms with Gasteiger partial charge in [0.15, 0.2) is 0 Å². The van der Waals surface area contributed by atoms with Crippen LogP contribution in [0.2, 0.25) is 0 Å². The third-order valence-electron chi connectivity index (χ3n) is 3.96. The monoisotopic (exact) mass is 217 g/mol. The Morgan fingerprint density at radius 3 is 2.38 bits per heavy atom. The summed E-state index contributed by atoms with van der Waals surface area (Å²) < 4.78 is 0. The molecule has 1 aliphatic carbocycles. The van der Waals surface area contributed by atoms with Gasteiger partial charge >= 0.3 is 0 Å². The molecule has 1 saturated carbocycles. The summed E-state index contributed by atoms with van der Waals surface area (Å²) in [5.41, 5.74) is 8.75. The first kappa shape index (κ1) is 11.7. The van der Waals surface area contributed by atoms with Crippen molar-refractivity contribution in [2.24, 2.45) is 11.7 Å². The van der Waals surface area contributed by atoms with E-state index >= 15 is 0 Å². The molecule has 1 aromatic carbocycles. The fourth-order valence-electron chi connectivity index (χ4n) is 2.51. The second-order valence-corrected chi connectivity index (χ2v) is 5.35. The highest BCUT2D eigenvalue weighted by atomic mass is 14.7. The van der Waals surface area contributed by atoms with Gasteiger partial charge in [-0.05, 0) is 48.6 Å². The van der Waals surface area contributed by atoms with Crippen molar-refractivity contribution in [2.75, 3.05) is 0 Å². The molecular formula is C15H23N. The number of benzene rings is 1. The lowest BCUT2D eigenvalue weighted by atomic mass is 9.77. The van der Waals surface area contributed by atoms with Crippen LogP contribution < -0.4 is 5.73 Å². The average molecular weight is 217 g/mol. The molecule has 1 aromatic rings. The molecule has 1 unspecified atom stereocenters. The highest BCUT2D eigenvalue weighted by Crippen LogP contribution is 2.29. The maximum Gasteiger partial charge on any atom is 0.00443 e. The van der Waals surface area contributed by atoms with E-state index in [1.807, 2.05) is 0 Å². The molecule has 0 saturated heterocycles. The highest BCUT2D eigenvalue weighted by Gasteiger charge is 2.25. The number of rotatable bonds is 4. The normalized spacial score (nSPS) is 26.2. The first-order chi connectivity index (χ1) is 7.69. The smallest absolute Gasteiger partial charge is 0.00443 e. The first-order valence-electron chi connectivity index (χ1n) is 6.53. The van der Waals surface area contributed by atoms with E-state index in [1.54, 1.807) is 0 Å². The van der Waals surface area contributed by atoms with Crippen LogP contribution in [0.3, 0.4) is 0 Å². The minimum atomic E-state index is 0.476. The molecule has 0 spiro atoms. The fraction of sp³-hybridized carbons (Fsp3) is 0.600. The molecule has 2 N–H and O–H groups in total. The fourth-order valence-corrected chi connectivity index (χ4v) is 2.51. The van der Waals surface area contributed by atoms with E-state index < -0.39 is 0 Å². The number of nitrogens with two attached hydrogens (primary N) is 1. The summed E-state index contributed by atoms with van der Waals surface area (Å²) in [6.45, 7) is 4.54. The van der Waals surface area contributed by atoms with Gasteiger partial charge in [-0.25, -0.2) is 0 Å². The first-order valence-corrected chi connectivity index (χ1v) is 6.53. The van der Waals surface area contributed by atoms with Gasteiger partial charge in [-0.15, -0.1) is 0 Å². The molecular weight excluding hydrogens is 194 g/mol. The van der Waals surface area contributed by atoms with Gasteiger partial charge in [0.05, 0.1) is 0 Å². The van der Waals surface area contributed by atoms with Crippen molar-refractivity contribution in [2.45, 2.75) is 51.5 Å². The van der Waals surface area contributed by atoms with E-state index in [0.29, 0.717) is 12.0 Å². The second kappa shape index (κ2) is 5.01.